The summed E-state index contributed by atoms with van der Waals surface area (Å²) in [6.07, 6.45) is -5.56. The third-order valence-corrected chi connectivity index (χ3v) is 7.88. The molecule has 0 unspecified atom stereocenters. The van der Waals surface area contributed by atoms with E-state index in [1.54, 1.807) is 26.1 Å². The Morgan fingerprint density at radius 3 is 2.34 bits per heavy atom. The highest BCUT2D eigenvalue weighted by Gasteiger charge is 2.69. The lowest BCUT2D eigenvalue weighted by Gasteiger charge is -2.37. The van der Waals surface area contributed by atoms with Crippen molar-refractivity contribution in [2.24, 2.45) is 23.2 Å². The summed E-state index contributed by atoms with van der Waals surface area (Å²) < 4.78 is 45.1. The molecule has 0 bridgehead atoms. The number of amides is 4. The topological polar surface area (TPSA) is 137 Å². The van der Waals surface area contributed by atoms with Gasteiger partial charge in [-0.05, 0) is 57.8 Å². The first-order valence-corrected chi connectivity index (χ1v) is 12.9. The van der Waals surface area contributed by atoms with E-state index in [9.17, 15) is 37.5 Å². The highest BCUT2D eigenvalue weighted by atomic mass is 19.4. The monoisotopic (exact) mass is 548 g/mol. The normalized spacial score (nSPS) is 28.7. The zero-order valence-corrected chi connectivity index (χ0v) is 22.6. The van der Waals surface area contributed by atoms with Gasteiger partial charge >= 0.3 is 12.1 Å². The van der Waals surface area contributed by atoms with Gasteiger partial charge in [0, 0.05) is 19.0 Å². The Kier molecular flexibility index (Phi) is 8.43. The third-order valence-electron chi connectivity index (χ3n) is 7.88. The molecule has 0 aromatic rings. The first-order chi connectivity index (χ1) is 17.4. The van der Waals surface area contributed by atoms with Crippen molar-refractivity contribution in [3.05, 3.63) is 0 Å². The third kappa shape index (κ3) is 6.41. The number of ether oxygens (including phenoxy) is 1. The van der Waals surface area contributed by atoms with Gasteiger partial charge in [-0.1, -0.05) is 13.8 Å². The molecule has 38 heavy (non-hydrogen) atoms. The van der Waals surface area contributed by atoms with Crippen LogP contribution in [0.2, 0.25) is 0 Å². The second kappa shape index (κ2) is 10.6. The average molecular weight is 549 g/mol. The number of hydrogen-bond acceptors (Lipinski definition) is 6. The number of fused-ring (bicyclic) bond motifs is 1. The molecule has 7 atom stereocenters. The molecule has 0 aromatic carbocycles. The Labute approximate surface area is 220 Å². The zero-order chi connectivity index (χ0) is 28.8. The van der Waals surface area contributed by atoms with E-state index in [0.29, 0.717) is 13.0 Å². The molecule has 4 amide bonds. The fourth-order valence-electron chi connectivity index (χ4n) is 5.90. The van der Waals surface area contributed by atoms with E-state index in [0.717, 1.165) is 0 Å². The molecule has 2 saturated heterocycles. The minimum Gasteiger partial charge on any atom is -0.394 e. The van der Waals surface area contributed by atoms with Gasteiger partial charge in [0.25, 0.3) is 0 Å². The number of carbonyl (C=O) groups is 4. The molecule has 3 fully saturated rings. The van der Waals surface area contributed by atoms with Crippen LogP contribution in [0.1, 0.15) is 54.4 Å². The molecule has 1 aliphatic carbocycles. The minimum atomic E-state index is -5.22. The number of aliphatic hydroxyl groups excluding tert-OH is 1. The Bertz CT molecular complexity index is 950. The van der Waals surface area contributed by atoms with Gasteiger partial charge in [0.1, 0.15) is 12.1 Å². The summed E-state index contributed by atoms with van der Waals surface area (Å²) in [7, 11) is 0. The summed E-state index contributed by atoms with van der Waals surface area (Å²) >= 11 is 0. The fourth-order valence-corrected chi connectivity index (χ4v) is 5.90. The van der Waals surface area contributed by atoms with Gasteiger partial charge in [-0.2, -0.15) is 13.2 Å². The number of piperidine rings is 1. The maximum Gasteiger partial charge on any atom is 0.471 e. The summed E-state index contributed by atoms with van der Waals surface area (Å²) in [4.78, 5) is 52.2. The molecule has 4 N–H and O–H groups in total. The lowest BCUT2D eigenvalue weighted by Crippen LogP contribution is -2.61. The summed E-state index contributed by atoms with van der Waals surface area (Å²) in [5.41, 5.74) is -1.11. The summed E-state index contributed by atoms with van der Waals surface area (Å²) in [5, 5.41) is 17.1. The SMILES string of the molecule is C[C@@H](OC(C)(C)C)[C@H](NC(=O)C(F)(F)F)C(=O)N1C[C@H]2[C@@H]([C@H]1C(=O)N[C@H](CO)C[C@@H]1CCNC1=O)C2(C)C. The highest BCUT2D eigenvalue weighted by Crippen LogP contribution is 2.65. The van der Waals surface area contributed by atoms with Crippen molar-refractivity contribution in [2.75, 3.05) is 19.7 Å². The van der Waals surface area contributed by atoms with Gasteiger partial charge in [-0.15, -0.1) is 0 Å². The van der Waals surface area contributed by atoms with Crippen LogP contribution >= 0.6 is 0 Å². The number of likely N-dealkylation sites (tertiary alicyclic amines) is 1. The van der Waals surface area contributed by atoms with E-state index in [-0.39, 0.29) is 42.0 Å². The molecule has 216 valence electrons. The molecular formula is C25H39F3N4O6. The molecule has 1 saturated carbocycles. The van der Waals surface area contributed by atoms with E-state index in [2.05, 4.69) is 10.6 Å². The Balaban J connectivity index is 1.83. The maximum atomic E-state index is 13.7. The lowest BCUT2D eigenvalue weighted by molar-refractivity contribution is -0.177. The number of aliphatic hydroxyl groups is 1. The number of hydrogen-bond donors (Lipinski definition) is 4. The number of carbonyl (C=O) groups excluding carboxylic acids is 4. The quantitative estimate of drug-likeness (QED) is 0.335. The van der Waals surface area contributed by atoms with Gasteiger partial charge in [0.15, 0.2) is 0 Å². The standard InChI is InChI=1S/C25H39F3N4O6/c1-12(38-23(2,3)4)17(31-22(37)25(26,27)28)21(36)32-10-15-16(24(15,5)6)18(32)20(35)30-14(11-33)9-13-7-8-29-19(13)34/h12-18,33H,7-11H2,1-6H3,(H,29,34)(H,30,35)(H,31,37)/t12-,13+,14+,15+,16+,17+,18+/m1/s1. The summed E-state index contributed by atoms with van der Waals surface area (Å²) in [5.74, 6) is -4.52. The van der Waals surface area contributed by atoms with Gasteiger partial charge in [0.2, 0.25) is 17.7 Å². The second-order valence-electron chi connectivity index (χ2n) is 12.2. The number of alkyl halides is 3. The van der Waals surface area contributed by atoms with Crippen LogP contribution in [-0.2, 0) is 23.9 Å². The van der Waals surface area contributed by atoms with Crippen molar-refractivity contribution < 1.29 is 42.2 Å². The Morgan fingerprint density at radius 2 is 1.84 bits per heavy atom. The predicted octanol–water partition coefficient (Wildman–Crippen LogP) is 0.723. The van der Waals surface area contributed by atoms with E-state index < -0.39 is 60.3 Å². The van der Waals surface area contributed by atoms with E-state index in [4.69, 9.17) is 4.74 Å². The zero-order valence-electron chi connectivity index (χ0n) is 22.6. The van der Waals surface area contributed by atoms with Crippen LogP contribution in [0.15, 0.2) is 0 Å². The van der Waals surface area contributed by atoms with Gasteiger partial charge in [-0.25, -0.2) is 0 Å². The van der Waals surface area contributed by atoms with Crippen LogP contribution in [0.3, 0.4) is 0 Å². The van der Waals surface area contributed by atoms with Crippen LogP contribution in [0.5, 0.6) is 0 Å². The van der Waals surface area contributed by atoms with Crippen LogP contribution in [-0.4, -0.2) is 89.3 Å². The summed E-state index contributed by atoms with van der Waals surface area (Å²) in [6, 6.07) is -3.44. The molecule has 3 rings (SSSR count). The predicted molar refractivity (Wildman–Crippen MR) is 129 cm³/mol. The van der Waals surface area contributed by atoms with Crippen molar-refractivity contribution in [3.8, 4) is 0 Å². The lowest BCUT2D eigenvalue weighted by atomic mass is 9.96. The molecule has 0 spiro atoms. The molecule has 2 aliphatic heterocycles. The van der Waals surface area contributed by atoms with Crippen LogP contribution in [0.4, 0.5) is 13.2 Å². The van der Waals surface area contributed by atoms with E-state index in [1.807, 2.05) is 13.8 Å². The van der Waals surface area contributed by atoms with Crippen LogP contribution in [0.25, 0.3) is 0 Å². The maximum absolute atomic E-state index is 13.7. The number of halogens is 3. The molecular weight excluding hydrogens is 509 g/mol. The number of nitrogens with zero attached hydrogens (tertiary/aromatic N) is 1. The molecule has 2 heterocycles. The smallest absolute Gasteiger partial charge is 0.394 e. The van der Waals surface area contributed by atoms with Gasteiger partial charge in [-0.3, -0.25) is 19.2 Å². The van der Waals surface area contributed by atoms with E-state index >= 15 is 0 Å². The van der Waals surface area contributed by atoms with Crippen molar-refractivity contribution in [2.45, 2.75) is 90.4 Å². The summed E-state index contributed by atoms with van der Waals surface area (Å²) in [6.45, 7) is 10.5. The van der Waals surface area contributed by atoms with Crippen LogP contribution in [0, 0.1) is 23.2 Å². The Morgan fingerprint density at radius 1 is 1.21 bits per heavy atom. The van der Waals surface area contributed by atoms with Gasteiger partial charge < -0.3 is 30.7 Å². The van der Waals surface area contributed by atoms with Crippen molar-refractivity contribution in [3.63, 3.8) is 0 Å². The minimum absolute atomic E-state index is 0.0619. The van der Waals surface area contributed by atoms with E-state index in [1.165, 1.54) is 11.8 Å². The molecule has 3 aliphatic rings. The van der Waals surface area contributed by atoms with Crippen molar-refractivity contribution in [1.82, 2.24) is 20.9 Å². The first kappa shape index (κ1) is 30.1. The van der Waals surface area contributed by atoms with Crippen LogP contribution < -0.4 is 16.0 Å². The highest BCUT2D eigenvalue weighted by molar-refractivity contribution is 5.94. The largest absolute Gasteiger partial charge is 0.471 e. The van der Waals surface area contributed by atoms with Crippen molar-refractivity contribution in [1.29, 1.82) is 0 Å². The second-order valence-corrected chi connectivity index (χ2v) is 12.2. The molecule has 0 radical (unpaired) electrons. The number of rotatable bonds is 9. The Hall–Kier alpha value is -2.41. The van der Waals surface area contributed by atoms with Gasteiger partial charge in [0.05, 0.1) is 24.4 Å². The van der Waals surface area contributed by atoms with Crippen molar-refractivity contribution >= 4 is 23.6 Å². The fraction of sp³-hybridized carbons (Fsp3) is 0.840. The molecule has 13 heteroatoms. The number of nitrogens with one attached hydrogen (secondary N) is 3. The first-order valence-electron chi connectivity index (χ1n) is 12.9. The molecule has 10 nitrogen and oxygen atoms in total. The molecule has 0 aromatic heterocycles. The average Bonchev–Trinajstić information content (AvgIpc) is 3.14.